The second-order valence-corrected chi connectivity index (χ2v) is 6.51. The van der Waals surface area contributed by atoms with Gasteiger partial charge in [0, 0.05) is 12.5 Å². The average molecular weight is 317 g/mol. The van der Waals surface area contributed by atoms with E-state index in [0.29, 0.717) is 30.6 Å². The van der Waals surface area contributed by atoms with Gasteiger partial charge in [0.05, 0.1) is 12.7 Å². The first-order valence-electron chi connectivity index (χ1n) is 8.29. The minimum atomic E-state index is -0.973. The van der Waals surface area contributed by atoms with Crippen LogP contribution in [0.5, 0.6) is 5.75 Å². The van der Waals surface area contributed by atoms with Gasteiger partial charge >= 0.3 is 5.97 Å². The number of methoxy groups -OCH3 is 1. The summed E-state index contributed by atoms with van der Waals surface area (Å²) in [6, 6.07) is 4.84. The van der Waals surface area contributed by atoms with Crippen LogP contribution >= 0.6 is 0 Å². The second-order valence-electron chi connectivity index (χ2n) is 6.51. The van der Waals surface area contributed by atoms with Gasteiger partial charge in [-0.2, -0.15) is 0 Å². The highest BCUT2D eigenvalue weighted by Crippen LogP contribution is 2.55. The van der Waals surface area contributed by atoms with Crippen LogP contribution < -0.4 is 10.1 Å². The average Bonchev–Trinajstić information content (AvgIpc) is 3.29. The van der Waals surface area contributed by atoms with Crippen molar-refractivity contribution in [2.75, 3.05) is 13.7 Å². The van der Waals surface area contributed by atoms with Gasteiger partial charge in [0.25, 0.3) is 0 Å². The predicted octanol–water partition coefficient (Wildman–Crippen LogP) is 2.49. The van der Waals surface area contributed by atoms with Gasteiger partial charge in [-0.25, -0.2) is 4.79 Å². The number of benzene rings is 1. The summed E-state index contributed by atoms with van der Waals surface area (Å²) in [7, 11) is 1.53. The van der Waals surface area contributed by atoms with Gasteiger partial charge in [0.1, 0.15) is 5.75 Å². The van der Waals surface area contributed by atoms with Crippen molar-refractivity contribution in [1.29, 1.82) is 0 Å². The highest BCUT2D eigenvalue weighted by atomic mass is 16.5. The number of fused-ring (bicyclic) bond motifs is 1. The molecular weight excluding hydrogens is 294 g/mol. The lowest BCUT2D eigenvalue weighted by Crippen LogP contribution is -2.28. The standard InChI is InChI=1S/C18H23NO4/c1-23-15-10-12(18(21)22)7-6-11(15)8-9-19-17(20)16-13-4-2-3-5-14(13)16/h6-7,10,13-14,16H,2-5,8-9H2,1H3,(H,19,20)(H,21,22). The largest absolute Gasteiger partial charge is 0.496 e. The molecule has 0 bridgehead atoms. The Morgan fingerprint density at radius 2 is 1.96 bits per heavy atom. The van der Waals surface area contributed by atoms with Crippen molar-refractivity contribution in [3.63, 3.8) is 0 Å². The summed E-state index contributed by atoms with van der Waals surface area (Å²) in [5, 5.41) is 12.0. The van der Waals surface area contributed by atoms with E-state index < -0.39 is 5.97 Å². The maximum atomic E-state index is 12.2. The highest BCUT2D eigenvalue weighted by Gasteiger charge is 2.54. The van der Waals surface area contributed by atoms with Gasteiger partial charge in [-0.05, 0) is 48.8 Å². The van der Waals surface area contributed by atoms with E-state index in [9.17, 15) is 9.59 Å². The Morgan fingerprint density at radius 1 is 1.26 bits per heavy atom. The maximum absolute atomic E-state index is 12.2. The molecule has 0 spiro atoms. The molecule has 1 amide bonds. The molecule has 3 rings (SSSR count). The van der Waals surface area contributed by atoms with Crippen molar-refractivity contribution in [2.24, 2.45) is 17.8 Å². The number of aromatic carboxylic acids is 1. The van der Waals surface area contributed by atoms with Gasteiger partial charge in [-0.15, -0.1) is 0 Å². The molecule has 0 heterocycles. The third kappa shape index (κ3) is 3.33. The Kier molecular flexibility index (Phi) is 4.55. The first-order valence-corrected chi connectivity index (χ1v) is 8.29. The first kappa shape index (κ1) is 15.8. The monoisotopic (exact) mass is 317 g/mol. The highest BCUT2D eigenvalue weighted by molar-refractivity contribution is 5.88. The third-order valence-corrected chi connectivity index (χ3v) is 5.19. The lowest BCUT2D eigenvalue weighted by Gasteiger charge is -2.10. The van der Waals surface area contributed by atoms with Crippen LogP contribution in [0, 0.1) is 17.8 Å². The normalized spacial score (nSPS) is 25.3. The van der Waals surface area contributed by atoms with Crippen LogP contribution in [0.25, 0.3) is 0 Å². The Balaban J connectivity index is 1.52. The topological polar surface area (TPSA) is 75.6 Å². The number of hydrogen-bond donors (Lipinski definition) is 2. The van der Waals surface area contributed by atoms with E-state index in [-0.39, 0.29) is 17.4 Å². The number of hydrogen-bond acceptors (Lipinski definition) is 3. The van der Waals surface area contributed by atoms with Crippen molar-refractivity contribution >= 4 is 11.9 Å². The molecule has 2 saturated carbocycles. The van der Waals surface area contributed by atoms with Crippen LogP contribution in [0.4, 0.5) is 0 Å². The smallest absolute Gasteiger partial charge is 0.335 e. The minimum absolute atomic E-state index is 0.183. The number of carboxylic acid groups (broad SMARTS) is 1. The molecule has 0 radical (unpaired) electrons. The van der Waals surface area contributed by atoms with E-state index in [1.807, 2.05) is 0 Å². The van der Waals surface area contributed by atoms with Gasteiger partial charge in [0.15, 0.2) is 0 Å². The summed E-state index contributed by atoms with van der Waals surface area (Å²) >= 11 is 0. The van der Waals surface area contributed by atoms with Crippen molar-refractivity contribution in [1.82, 2.24) is 5.32 Å². The number of carbonyl (C=O) groups is 2. The SMILES string of the molecule is COc1cc(C(=O)O)ccc1CCNC(=O)C1C2CCCCC21. The third-order valence-electron chi connectivity index (χ3n) is 5.19. The zero-order chi connectivity index (χ0) is 16.4. The zero-order valence-corrected chi connectivity index (χ0v) is 13.4. The molecule has 23 heavy (non-hydrogen) atoms. The van der Waals surface area contributed by atoms with E-state index in [1.165, 1.54) is 38.9 Å². The number of amides is 1. The van der Waals surface area contributed by atoms with Crippen LogP contribution in [0.3, 0.4) is 0 Å². The molecule has 2 aliphatic carbocycles. The quantitative estimate of drug-likeness (QED) is 0.845. The first-order chi connectivity index (χ1) is 11.1. The van der Waals surface area contributed by atoms with Crippen molar-refractivity contribution in [3.8, 4) is 5.75 Å². The predicted molar refractivity (Wildman–Crippen MR) is 85.6 cm³/mol. The molecule has 2 fully saturated rings. The summed E-state index contributed by atoms with van der Waals surface area (Å²) in [4.78, 5) is 23.2. The molecule has 2 N–H and O–H groups in total. The maximum Gasteiger partial charge on any atom is 0.335 e. The molecule has 2 unspecified atom stereocenters. The molecule has 124 valence electrons. The summed E-state index contributed by atoms with van der Waals surface area (Å²) in [5.74, 6) is 1.23. The van der Waals surface area contributed by atoms with Gasteiger partial charge in [-0.1, -0.05) is 18.9 Å². The van der Waals surface area contributed by atoms with Crippen LogP contribution in [0.15, 0.2) is 18.2 Å². The van der Waals surface area contributed by atoms with E-state index >= 15 is 0 Å². The Hall–Kier alpha value is -2.04. The van der Waals surface area contributed by atoms with Gasteiger partial charge in [-0.3, -0.25) is 4.79 Å². The fourth-order valence-electron chi connectivity index (χ4n) is 3.90. The second kappa shape index (κ2) is 6.60. The number of carboxylic acids is 1. The number of carbonyl (C=O) groups excluding carboxylic acids is 1. The number of rotatable bonds is 6. The molecule has 2 aliphatic rings. The van der Waals surface area contributed by atoms with Crippen LogP contribution in [-0.4, -0.2) is 30.6 Å². The van der Waals surface area contributed by atoms with E-state index in [0.717, 1.165) is 5.56 Å². The van der Waals surface area contributed by atoms with Crippen molar-refractivity contribution in [3.05, 3.63) is 29.3 Å². The molecule has 1 aromatic carbocycles. The number of nitrogens with one attached hydrogen (secondary N) is 1. The molecule has 2 atom stereocenters. The Labute approximate surface area is 136 Å². The van der Waals surface area contributed by atoms with Crippen LogP contribution in [0.2, 0.25) is 0 Å². The van der Waals surface area contributed by atoms with Gasteiger partial charge in [0.2, 0.25) is 5.91 Å². The fourth-order valence-corrected chi connectivity index (χ4v) is 3.90. The summed E-state index contributed by atoms with van der Waals surface area (Å²) in [6.07, 6.45) is 5.56. The molecular formula is C18H23NO4. The lowest BCUT2D eigenvalue weighted by molar-refractivity contribution is -0.122. The van der Waals surface area contributed by atoms with Crippen LogP contribution in [-0.2, 0) is 11.2 Å². The van der Waals surface area contributed by atoms with E-state index in [2.05, 4.69) is 5.32 Å². The summed E-state index contributed by atoms with van der Waals surface area (Å²) < 4.78 is 5.25. The van der Waals surface area contributed by atoms with Crippen molar-refractivity contribution in [2.45, 2.75) is 32.1 Å². The minimum Gasteiger partial charge on any atom is -0.496 e. The molecule has 5 heteroatoms. The lowest BCUT2D eigenvalue weighted by atomic mass is 10.0. The molecule has 0 saturated heterocycles. The summed E-state index contributed by atoms with van der Waals surface area (Å²) in [5.41, 5.74) is 1.11. The molecule has 1 aromatic rings. The Morgan fingerprint density at radius 3 is 2.57 bits per heavy atom. The molecule has 0 aromatic heterocycles. The van der Waals surface area contributed by atoms with E-state index in [1.54, 1.807) is 12.1 Å². The Bertz CT molecular complexity index is 601. The van der Waals surface area contributed by atoms with Gasteiger partial charge < -0.3 is 15.2 Å². The fraction of sp³-hybridized carbons (Fsp3) is 0.556. The zero-order valence-electron chi connectivity index (χ0n) is 13.4. The number of ether oxygens (including phenoxy) is 1. The van der Waals surface area contributed by atoms with Crippen LogP contribution in [0.1, 0.15) is 41.6 Å². The van der Waals surface area contributed by atoms with Crippen molar-refractivity contribution < 1.29 is 19.4 Å². The van der Waals surface area contributed by atoms with E-state index in [4.69, 9.17) is 9.84 Å². The molecule has 5 nitrogen and oxygen atoms in total. The summed E-state index contributed by atoms with van der Waals surface area (Å²) in [6.45, 7) is 0.553. The molecule has 0 aliphatic heterocycles.